The molecule has 6 aromatic rings. The zero-order valence-corrected chi connectivity index (χ0v) is 32.3. The summed E-state index contributed by atoms with van der Waals surface area (Å²) in [4.78, 5) is 14.7. The van der Waals surface area contributed by atoms with Gasteiger partial charge >= 0.3 is 7.12 Å². The van der Waals surface area contributed by atoms with Gasteiger partial charge in [0.2, 0.25) is 0 Å². The second-order valence-corrected chi connectivity index (χ2v) is 17.6. The largest absolute Gasteiger partial charge is 0.494 e. The zero-order valence-electron chi connectivity index (χ0n) is 32.3. The Hall–Kier alpha value is -4.91. The van der Waals surface area contributed by atoms with Crippen LogP contribution in [0, 0.1) is 23.7 Å². The smallest absolute Gasteiger partial charge is 0.399 e. The van der Waals surface area contributed by atoms with Gasteiger partial charge in [0.25, 0.3) is 0 Å². The van der Waals surface area contributed by atoms with Crippen molar-refractivity contribution in [2.24, 2.45) is 23.7 Å². The SMILES string of the molecule is CC1(C)OB(c2ccc(C3(c4ccc(-c5ccc(-c6nc(-c7ccccc7)nc(-c7ccccc7)n6)cc5)cc4)C4CC5CC(C4)CC3C5)cc2)OC1(C)C. The summed E-state index contributed by atoms with van der Waals surface area (Å²) in [5.74, 6) is 5.11. The van der Waals surface area contributed by atoms with E-state index in [0.717, 1.165) is 34.0 Å². The van der Waals surface area contributed by atoms with Gasteiger partial charge in [0.05, 0.1) is 11.2 Å². The van der Waals surface area contributed by atoms with E-state index in [4.69, 9.17) is 24.3 Å². The van der Waals surface area contributed by atoms with Gasteiger partial charge in [-0.05, 0) is 111 Å². The van der Waals surface area contributed by atoms with Crippen LogP contribution in [0.3, 0.4) is 0 Å². The Morgan fingerprint density at radius 1 is 0.436 bits per heavy atom. The molecular formula is C49H48BN3O2. The van der Waals surface area contributed by atoms with Crippen molar-refractivity contribution in [3.8, 4) is 45.3 Å². The first-order chi connectivity index (χ1) is 26.7. The van der Waals surface area contributed by atoms with Gasteiger partial charge in [0.1, 0.15) is 0 Å². The molecule has 5 fully saturated rings. The number of hydrogen-bond donors (Lipinski definition) is 0. The first kappa shape index (κ1) is 34.6. The van der Waals surface area contributed by atoms with Crippen molar-refractivity contribution < 1.29 is 9.31 Å². The van der Waals surface area contributed by atoms with E-state index in [9.17, 15) is 0 Å². The van der Waals surface area contributed by atoms with Gasteiger partial charge in [-0.2, -0.15) is 0 Å². The minimum Gasteiger partial charge on any atom is -0.399 e. The monoisotopic (exact) mass is 721 g/mol. The molecule has 0 amide bonds. The van der Waals surface area contributed by atoms with Crippen molar-refractivity contribution in [3.63, 3.8) is 0 Å². The molecule has 5 aliphatic rings. The van der Waals surface area contributed by atoms with Crippen LogP contribution in [0.5, 0.6) is 0 Å². The summed E-state index contributed by atoms with van der Waals surface area (Å²) >= 11 is 0. The predicted molar refractivity (Wildman–Crippen MR) is 222 cm³/mol. The van der Waals surface area contributed by atoms with Gasteiger partial charge in [-0.1, -0.05) is 133 Å². The molecule has 6 heteroatoms. The lowest BCUT2D eigenvalue weighted by molar-refractivity contribution is -0.0418. The van der Waals surface area contributed by atoms with Gasteiger partial charge in [-0.15, -0.1) is 0 Å². The summed E-state index contributed by atoms with van der Waals surface area (Å²) in [5.41, 5.74) is 8.65. The van der Waals surface area contributed by atoms with Crippen LogP contribution in [0.2, 0.25) is 0 Å². The third-order valence-electron chi connectivity index (χ3n) is 13.9. The molecule has 4 saturated carbocycles. The highest BCUT2D eigenvalue weighted by Crippen LogP contribution is 2.65. The van der Waals surface area contributed by atoms with Crippen molar-refractivity contribution in [1.29, 1.82) is 0 Å². The molecule has 0 radical (unpaired) electrons. The summed E-state index contributed by atoms with van der Waals surface area (Å²) in [6.45, 7) is 8.51. The first-order valence-corrected chi connectivity index (χ1v) is 20.2. The van der Waals surface area contributed by atoms with Crippen LogP contribution >= 0.6 is 0 Å². The summed E-state index contributed by atoms with van der Waals surface area (Å²) < 4.78 is 12.9. The molecule has 11 rings (SSSR count). The lowest BCUT2D eigenvalue weighted by atomic mass is 9.42. The second kappa shape index (κ2) is 13.1. The normalized spacial score (nSPS) is 26.0. The third-order valence-corrected chi connectivity index (χ3v) is 13.9. The lowest BCUT2D eigenvalue weighted by Gasteiger charge is -2.62. The number of nitrogens with zero attached hydrogens (tertiary/aromatic N) is 3. The molecule has 274 valence electrons. The van der Waals surface area contributed by atoms with Crippen molar-refractivity contribution >= 4 is 12.6 Å². The molecule has 1 aromatic heterocycles. The van der Waals surface area contributed by atoms with Gasteiger partial charge in [0, 0.05) is 22.1 Å². The second-order valence-electron chi connectivity index (χ2n) is 17.6. The molecule has 0 N–H and O–H groups in total. The minimum absolute atomic E-state index is 0.0237. The number of benzene rings is 5. The van der Waals surface area contributed by atoms with Crippen molar-refractivity contribution in [3.05, 3.63) is 145 Å². The Morgan fingerprint density at radius 3 is 1.24 bits per heavy atom. The number of hydrogen-bond acceptors (Lipinski definition) is 5. The van der Waals surface area contributed by atoms with Gasteiger partial charge < -0.3 is 9.31 Å². The maximum absolute atomic E-state index is 6.44. The Morgan fingerprint density at radius 2 is 0.800 bits per heavy atom. The topological polar surface area (TPSA) is 57.1 Å². The van der Waals surface area contributed by atoms with E-state index in [1.54, 1.807) is 0 Å². The third kappa shape index (κ3) is 5.88. The molecule has 0 atom stereocenters. The van der Waals surface area contributed by atoms with Crippen LogP contribution in [0.25, 0.3) is 45.3 Å². The molecular weight excluding hydrogens is 673 g/mol. The molecule has 1 saturated heterocycles. The molecule has 4 bridgehead atoms. The standard InChI is InChI=1S/C49H48BN3O2/c1-47(2)48(3,4)55-50(54-47)43-25-23-40(24-26-43)49(41-28-32-27-33(30-41)31-42(49)29-32)39-21-19-35(20-22-39)34-15-17-38(18-16-34)46-52-44(36-11-7-5-8-12-36)51-45(53-46)37-13-9-6-10-14-37/h5-26,32-33,41-42H,27-31H2,1-4H3. The van der Waals surface area contributed by atoms with Gasteiger partial charge in [-0.25, -0.2) is 15.0 Å². The van der Waals surface area contributed by atoms with Crippen LogP contribution < -0.4 is 5.46 Å². The quantitative estimate of drug-likeness (QED) is 0.154. The highest BCUT2D eigenvalue weighted by molar-refractivity contribution is 6.62. The fourth-order valence-corrected chi connectivity index (χ4v) is 10.6. The van der Waals surface area contributed by atoms with Crippen LogP contribution in [0.15, 0.2) is 133 Å². The minimum atomic E-state index is -0.356. The van der Waals surface area contributed by atoms with Crippen molar-refractivity contribution in [2.75, 3.05) is 0 Å². The number of aromatic nitrogens is 3. The summed E-state index contributed by atoms with van der Waals surface area (Å²) in [6.07, 6.45) is 6.79. The molecule has 4 aliphatic carbocycles. The Labute approximate surface area is 325 Å². The Kier molecular flexibility index (Phi) is 8.24. The highest BCUT2D eigenvalue weighted by Gasteiger charge is 2.59. The summed E-state index contributed by atoms with van der Waals surface area (Å²) in [6, 6.07) is 47.9. The zero-order chi connectivity index (χ0) is 37.4. The van der Waals surface area contributed by atoms with Crippen LogP contribution in [-0.4, -0.2) is 33.3 Å². The molecule has 5 nitrogen and oxygen atoms in total. The summed E-state index contributed by atoms with van der Waals surface area (Å²) in [5, 5.41) is 0. The van der Waals surface area contributed by atoms with E-state index in [2.05, 4.69) is 100 Å². The molecule has 2 heterocycles. The van der Waals surface area contributed by atoms with Crippen LogP contribution in [0.1, 0.15) is 70.9 Å². The van der Waals surface area contributed by atoms with Crippen molar-refractivity contribution in [2.45, 2.75) is 76.4 Å². The van der Waals surface area contributed by atoms with E-state index >= 15 is 0 Å². The predicted octanol–water partition coefficient (Wildman–Crippen LogP) is 10.6. The van der Waals surface area contributed by atoms with Gasteiger partial charge in [-0.3, -0.25) is 0 Å². The Bertz CT molecular complexity index is 2220. The average molecular weight is 722 g/mol. The molecule has 1 aliphatic heterocycles. The fourth-order valence-electron chi connectivity index (χ4n) is 10.6. The average Bonchev–Trinajstić information content (AvgIpc) is 3.44. The molecule has 0 unspecified atom stereocenters. The van der Waals surface area contributed by atoms with E-state index in [1.165, 1.54) is 54.4 Å². The lowest BCUT2D eigenvalue weighted by Crippen LogP contribution is -2.56. The van der Waals surface area contributed by atoms with E-state index in [-0.39, 0.29) is 23.7 Å². The highest BCUT2D eigenvalue weighted by atomic mass is 16.7. The fraction of sp³-hybridized carbons (Fsp3) is 0.327. The molecule has 0 spiro atoms. The van der Waals surface area contributed by atoms with Gasteiger partial charge in [0.15, 0.2) is 17.5 Å². The summed E-state index contributed by atoms with van der Waals surface area (Å²) in [7, 11) is -0.346. The van der Waals surface area contributed by atoms with E-state index < -0.39 is 0 Å². The van der Waals surface area contributed by atoms with Crippen LogP contribution in [0.4, 0.5) is 0 Å². The maximum atomic E-state index is 6.44. The first-order valence-electron chi connectivity index (χ1n) is 20.2. The van der Waals surface area contributed by atoms with E-state index in [1.807, 2.05) is 60.7 Å². The molecule has 55 heavy (non-hydrogen) atoms. The van der Waals surface area contributed by atoms with Crippen molar-refractivity contribution in [1.82, 2.24) is 15.0 Å². The molecule has 5 aromatic carbocycles. The van der Waals surface area contributed by atoms with Crippen LogP contribution in [-0.2, 0) is 14.7 Å². The Balaban J connectivity index is 0.968. The number of rotatable bonds is 7. The van der Waals surface area contributed by atoms with E-state index in [0.29, 0.717) is 29.3 Å². The maximum Gasteiger partial charge on any atom is 0.494 e.